The van der Waals surface area contributed by atoms with Gasteiger partial charge in [0.05, 0.1) is 0 Å². The lowest BCUT2D eigenvalue weighted by atomic mass is 9.98. The second-order valence-corrected chi connectivity index (χ2v) is 8.72. The largest absolute Gasteiger partial charge is 0.508 e. The minimum atomic E-state index is -0.0701. The molecular weight excluding hydrogens is 426 g/mol. The van der Waals surface area contributed by atoms with E-state index in [1.165, 1.54) is 11.1 Å². The third-order valence-corrected chi connectivity index (χ3v) is 6.47. The van der Waals surface area contributed by atoms with E-state index in [0.29, 0.717) is 18.8 Å². The number of carbonyl (C=O) groups excluding carboxylic acids is 1. The van der Waals surface area contributed by atoms with Crippen molar-refractivity contribution < 1.29 is 9.90 Å². The highest BCUT2D eigenvalue weighted by Gasteiger charge is 2.20. The lowest BCUT2D eigenvalue weighted by molar-refractivity contribution is 0.0766. The van der Waals surface area contributed by atoms with Gasteiger partial charge in [-0.1, -0.05) is 30.3 Å². The monoisotopic (exact) mass is 459 g/mol. The lowest BCUT2D eigenvalue weighted by Gasteiger charge is -2.35. The summed E-state index contributed by atoms with van der Waals surface area (Å²) in [6, 6.07) is 17.6. The van der Waals surface area contributed by atoms with E-state index < -0.39 is 0 Å². The zero-order valence-corrected chi connectivity index (χ0v) is 20.2. The van der Waals surface area contributed by atoms with Gasteiger partial charge in [-0.3, -0.25) is 9.69 Å². The van der Waals surface area contributed by atoms with Crippen molar-refractivity contribution in [2.75, 3.05) is 44.2 Å². The Morgan fingerprint density at radius 2 is 1.74 bits per heavy atom. The molecule has 0 radical (unpaired) electrons. The summed E-state index contributed by atoms with van der Waals surface area (Å²) in [5, 5.41) is 18.3. The molecule has 2 heterocycles. The quantitative estimate of drug-likeness (QED) is 0.577. The molecular formula is C27H33N5O2. The van der Waals surface area contributed by atoms with Gasteiger partial charge in [0.2, 0.25) is 0 Å². The number of carbonyl (C=O) groups is 1. The number of rotatable bonds is 7. The van der Waals surface area contributed by atoms with Crippen molar-refractivity contribution in [3.63, 3.8) is 0 Å². The molecule has 178 valence electrons. The number of amides is 1. The lowest BCUT2D eigenvalue weighted by Crippen LogP contribution is -2.46. The van der Waals surface area contributed by atoms with Crippen molar-refractivity contribution in [1.29, 1.82) is 0 Å². The zero-order chi connectivity index (χ0) is 24.1. The van der Waals surface area contributed by atoms with Crippen molar-refractivity contribution in [3.05, 3.63) is 71.4 Å². The molecule has 0 aliphatic carbocycles. The number of nitrogens with zero attached hydrogens (tertiary/aromatic N) is 5. The predicted molar refractivity (Wildman–Crippen MR) is 135 cm³/mol. The Hall–Kier alpha value is -3.45. The molecule has 2 aromatic carbocycles. The smallest absolute Gasteiger partial charge is 0.274 e. The van der Waals surface area contributed by atoms with Crippen LogP contribution in [0.25, 0.3) is 11.1 Å². The van der Waals surface area contributed by atoms with Gasteiger partial charge in [-0.15, -0.1) is 10.2 Å². The molecule has 0 bridgehead atoms. The molecule has 34 heavy (non-hydrogen) atoms. The number of phenols is 1. The van der Waals surface area contributed by atoms with Gasteiger partial charge in [0.25, 0.3) is 5.91 Å². The molecule has 0 spiro atoms. The maximum atomic E-state index is 12.4. The Balaban J connectivity index is 1.33. The molecule has 1 fully saturated rings. The molecule has 1 aliphatic heterocycles. The van der Waals surface area contributed by atoms with Gasteiger partial charge in [-0.05, 0) is 67.3 Å². The van der Waals surface area contributed by atoms with Gasteiger partial charge >= 0.3 is 0 Å². The minimum absolute atomic E-state index is 0.0701. The Morgan fingerprint density at radius 1 is 0.971 bits per heavy atom. The summed E-state index contributed by atoms with van der Waals surface area (Å²) in [5.41, 5.74) is 5.07. The first-order valence-corrected chi connectivity index (χ1v) is 12.0. The average Bonchev–Trinajstić information content (AvgIpc) is 2.85. The zero-order valence-electron chi connectivity index (χ0n) is 20.2. The van der Waals surface area contributed by atoms with Crippen molar-refractivity contribution in [1.82, 2.24) is 20.0 Å². The van der Waals surface area contributed by atoms with Crippen LogP contribution in [0.15, 0.2) is 54.6 Å². The van der Waals surface area contributed by atoms with Crippen LogP contribution in [0.5, 0.6) is 5.75 Å². The van der Waals surface area contributed by atoms with E-state index in [1.54, 1.807) is 23.1 Å². The second-order valence-electron chi connectivity index (χ2n) is 8.72. The molecule has 1 N–H and O–H groups in total. The highest BCUT2D eigenvalue weighted by atomic mass is 16.3. The fourth-order valence-electron chi connectivity index (χ4n) is 4.50. The molecule has 4 rings (SSSR count). The predicted octanol–water partition coefficient (Wildman–Crippen LogP) is 3.96. The fraction of sp³-hybridized carbons (Fsp3) is 0.370. The van der Waals surface area contributed by atoms with E-state index in [9.17, 15) is 9.90 Å². The standard InChI is InChI=1S/C27H33N5O2/c1-4-31(5-2)27(34)25-11-12-26(29-28-25)32-15-13-30(14-16-32)19-21-9-10-24(20(3)17-21)22-7-6-8-23(33)18-22/h6-12,17-18,33H,4-5,13-16,19H2,1-3H3. The topological polar surface area (TPSA) is 72.8 Å². The average molecular weight is 460 g/mol. The summed E-state index contributed by atoms with van der Waals surface area (Å²) >= 11 is 0. The van der Waals surface area contributed by atoms with Crippen LogP contribution in [0.2, 0.25) is 0 Å². The van der Waals surface area contributed by atoms with Gasteiger partial charge < -0.3 is 14.9 Å². The molecule has 7 nitrogen and oxygen atoms in total. The third-order valence-electron chi connectivity index (χ3n) is 6.47. The first kappa shape index (κ1) is 23.7. The van der Waals surface area contributed by atoms with Crippen LogP contribution in [-0.2, 0) is 6.54 Å². The molecule has 1 aliphatic rings. The van der Waals surface area contributed by atoms with Crippen LogP contribution in [0.1, 0.15) is 35.5 Å². The van der Waals surface area contributed by atoms with Crippen LogP contribution in [0.4, 0.5) is 5.82 Å². The Morgan fingerprint density at radius 3 is 2.35 bits per heavy atom. The Labute approximate surface area is 201 Å². The Bertz CT molecular complexity index is 1120. The van der Waals surface area contributed by atoms with E-state index >= 15 is 0 Å². The molecule has 0 atom stereocenters. The summed E-state index contributed by atoms with van der Waals surface area (Å²) in [6.07, 6.45) is 0. The summed E-state index contributed by atoms with van der Waals surface area (Å²) < 4.78 is 0. The van der Waals surface area contributed by atoms with E-state index in [-0.39, 0.29) is 11.7 Å². The van der Waals surface area contributed by atoms with Gasteiger partial charge in [-0.25, -0.2) is 0 Å². The molecule has 1 amide bonds. The van der Waals surface area contributed by atoms with Gasteiger partial charge in [-0.2, -0.15) is 0 Å². The fourth-order valence-corrected chi connectivity index (χ4v) is 4.50. The number of phenolic OH excluding ortho intramolecular Hbond substituents is 1. The molecule has 7 heteroatoms. The van der Waals surface area contributed by atoms with Crippen LogP contribution in [0, 0.1) is 6.92 Å². The summed E-state index contributed by atoms with van der Waals surface area (Å²) in [6.45, 7) is 11.9. The van der Waals surface area contributed by atoms with Gasteiger partial charge in [0.15, 0.2) is 11.5 Å². The van der Waals surface area contributed by atoms with Crippen LogP contribution in [0.3, 0.4) is 0 Å². The Kier molecular flexibility index (Phi) is 7.43. The first-order chi connectivity index (χ1) is 16.5. The number of hydrogen-bond acceptors (Lipinski definition) is 6. The van der Waals surface area contributed by atoms with Crippen LogP contribution >= 0.6 is 0 Å². The number of anilines is 1. The van der Waals surface area contributed by atoms with Crippen molar-refractivity contribution in [3.8, 4) is 16.9 Å². The van der Waals surface area contributed by atoms with Gasteiger partial charge in [0, 0.05) is 45.8 Å². The van der Waals surface area contributed by atoms with Crippen molar-refractivity contribution in [2.45, 2.75) is 27.3 Å². The number of benzene rings is 2. The molecule has 1 aromatic heterocycles. The van der Waals surface area contributed by atoms with E-state index in [0.717, 1.165) is 49.7 Å². The maximum Gasteiger partial charge on any atom is 0.274 e. The molecule has 3 aromatic rings. The van der Waals surface area contributed by atoms with E-state index in [4.69, 9.17) is 0 Å². The van der Waals surface area contributed by atoms with Gasteiger partial charge in [0.1, 0.15) is 5.75 Å². The third kappa shape index (κ3) is 5.37. The highest BCUT2D eigenvalue weighted by Crippen LogP contribution is 2.27. The number of aromatic hydroxyl groups is 1. The van der Waals surface area contributed by atoms with E-state index in [2.05, 4.69) is 45.1 Å². The highest BCUT2D eigenvalue weighted by molar-refractivity contribution is 5.92. The van der Waals surface area contributed by atoms with Crippen molar-refractivity contribution >= 4 is 11.7 Å². The van der Waals surface area contributed by atoms with Crippen LogP contribution in [-0.4, -0.2) is 70.3 Å². The molecule has 0 saturated carbocycles. The molecule has 0 unspecified atom stereocenters. The maximum absolute atomic E-state index is 12.4. The number of aromatic nitrogens is 2. The summed E-state index contributed by atoms with van der Waals surface area (Å²) in [5.74, 6) is 1.04. The normalized spacial score (nSPS) is 14.3. The SMILES string of the molecule is CCN(CC)C(=O)c1ccc(N2CCN(Cc3ccc(-c4cccc(O)c4)c(C)c3)CC2)nn1. The molecule has 1 saturated heterocycles. The number of hydrogen-bond donors (Lipinski definition) is 1. The van der Waals surface area contributed by atoms with Crippen LogP contribution < -0.4 is 4.90 Å². The van der Waals surface area contributed by atoms with Crippen molar-refractivity contribution in [2.24, 2.45) is 0 Å². The summed E-state index contributed by atoms with van der Waals surface area (Å²) in [4.78, 5) is 18.9. The minimum Gasteiger partial charge on any atom is -0.508 e. The van der Waals surface area contributed by atoms with E-state index in [1.807, 2.05) is 32.0 Å². The summed E-state index contributed by atoms with van der Waals surface area (Å²) in [7, 11) is 0. The number of aryl methyl sites for hydroxylation is 1. The second kappa shape index (κ2) is 10.7. The number of piperazine rings is 1. The first-order valence-electron chi connectivity index (χ1n) is 12.0.